The van der Waals surface area contributed by atoms with Gasteiger partial charge in [0, 0.05) is 17.9 Å². The van der Waals surface area contributed by atoms with Crippen molar-refractivity contribution in [1.29, 1.82) is 0 Å². The van der Waals surface area contributed by atoms with E-state index in [1.54, 1.807) is 12.1 Å². The van der Waals surface area contributed by atoms with Gasteiger partial charge < -0.3 is 14.8 Å². The number of para-hydroxylation sites is 1. The first-order chi connectivity index (χ1) is 11.2. The van der Waals surface area contributed by atoms with Gasteiger partial charge >= 0.3 is 0 Å². The second-order valence-electron chi connectivity index (χ2n) is 5.74. The Morgan fingerprint density at radius 1 is 1.26 bits per heavy atom. The van der Waals surface area contributed by atoms with E-state index < -0.39 is 0 Å². The Bertz CT molecular complexity index is 678. The van der Waals surface area contributed by atoms with Crippen molar-refractivity contribution in [2.45, 2.75) is 25.9 Å². The molecule has 1 atom stereocenters. The molecule has 1 aliphatic rings. The predicted molar refractivity (Wildman–Crippen MR) is 90.0 cm³/mol. The van der Waals surface area contributed by atoms with E-state index in [9.17, 15) is 4.79 Å². The number of anilines is 1. The van der Waals surface area contributed by atoms with Gasteiger partial charge in [-0.2, -0.15) is 0 Å². The fraction of sp³-hybridized carbons (Fsp3) is 0.316. The number of hydrogen-bond acceptors (Lipinski definition) is 3. The normalized spacial score (nSPS) is 17.0. The lowest BCUT2D eigenvalue weighted by molar-refractivity contribution is 0.0679. The second-order valence-corrected chi connectivity index (χ2v) is 5.74. The maximum atomic E-state index is 12.4. The highest BCUT2D eigenvalue weighted by Crippen LogP contribution is 2.19. The van der Waals surface area contributed by atoms with Crippen molar-refractivity contribution in [3.63, 3.8) is 0 Å². The zero-order valence-electron chi connectivity index (χ0n) is 13.2. The molecule has 0 saturated carbocycles. The Kier molecular flexibility index (Phi) is 4.93. The summed E-state index contributed by atoms with van der Waals surface area (Å²) in [4.78, 5) is 12.4. The topological polar surface area (TPSA) is 47.6 Å². The van der Waals surface area contributed by atoms with Gasteiger partial charge in [0.05, 0.1) is 6.10 Å². The lowest BCUT2D eigenvalue weighted by atomic mass is 10.1. The Hall–Kier alpha value is -2.33. The monoisotopic (exact) mass is 311 g/mol. The molecule has 1 saturated heterocycles. The zero-order chi connectivity index (χ0) is 16.1. The molecule has 1 aliphatic heterocycles. The molecule has 4 heteroatoms. The number of benzene rings is 2. The molecule has 0 aliphatic carbocycles. The summed E-state index contributed by atoms with van der Waals surface area (Å²) < 4.78 is 11.3. The molecule has 23 heavy (non-hydrogen) atoms. The van der Waals surface area contributed by atoms with E-state index in [4.69, 9.17) is 9.47 Å². The molecule has 120 valence electrons. The molecule has 1 amide bonds. The average molecular weight is 311 g/mol. The molecule has 0 bridgehead atoms. The average Bonchev–Trinajstić information content (AvgIpc) is 3.09. The van der Waals surface area contributed by atoms with Crippen molar-refractivity contribution in [3.8, 4) is 5.75 Å². The van der Waals surface area contributed by atoms with Crippen molar-refractivity contribution < 1.29 is 14.3 Å². The van der Waals surface area contributed by atoms with Gasteiger partial charge in [-0.25, -0.2) is 0 Å². The molecule has 3 rings (SSSR count). The van der Waals surface area contributed by atoms with Crippen LogP contribution in [0.3, 0.4) is 0 Å². The highest BCUT2D eigenvalue weighted by atomic mass is 16.5. The van der Waals surface area contributed by atoms with Crippen molar-refractivity contribution in [2.24, 2.45) is 0 Å². The van der Waals surface area contributed by atoms with E-state index in [2.05, 4.69) is 5.32 Å². The van der Waals surface area contributed by atoms with Gasteiger partial charge in [-0.05, 0) is 49.6 Å². The van der Waals surface area contributed by atoms with Crippen LogP contribution < -0.4 is 10.1 Å². The van der Waals surface area contributed by atoms with E-state index in [1.165, 1.54) is 0 Å². The highest BCUT2D eigenvalue weighted by Gasteiger charge is 2.16. The first kappa shape index (κ1) is 15.6. The summed E-state index contributed by atoms with van der Waals surface area (Å²) >= 11 is 0. The van der Waals surface area contributed by atoms with Gasteiger partial charge in [-0.1, -0.05) is 24.3 Å². The summed E-state index contributed by atoms with van der Waals surface area (Å²) in [6.07, 6.45) is 2.29. The molecule has 0 spiro atoms. The summed E-state index contributed by atoms with van der Waals surface area (Å²) in [5.41, 5.74) is 2.44. The molecular weight excluding hydrogens is 290 g/mol. The maximum absolute atomic E-state index is 12.4. The molecule has 0 radical (unpaired) electrons. The largest absolute Gasteiger partial charge is 0.491 e. The minimum Gasteiger partial charge on any atom is -0.491 e. The number of aryl methyl sites for hydroxylation is 1. The first-order valence-electron chi connectivity index (χ1n) is 7.94. The van der Waals surface area contributed by atoms with Gasteiger partial charge in [0.1, 0.15) is 12.4 Å². The number of ether oxygens (including phenoxy) is 2. The minimum absolute atomic E-state index is 0.137. The van der Waals surface area contributed by atoms with Crippen molar-refractivity contribution in [3.05, 3.63) is 59.7 Å². The van der Waals surface area contributed by atoms with Crippen LogP contribution in [0.5, 0.6) is 5.75 Å². The van der Waals surface area contributed by atoms with E-state index in [1.807, 2.05) is 43.3 Å². The van der Waals surface area contributed by atoms with Crippen LogP contribution in [-0.4, -0.2) is 25.2 Å². The van der Waals surface area contributed by atoms with Gasteiger partial charge in [-0.3, -0.25) is 4.79 Å². The summed E-state index contributed by atoms with van der Waals surface area (Å²) in [5, 5.41) is 2.93. The summed E-state index contributed by atoms with van der Waals surface area (Å²) in [6.45, 7) is 3.31. The number of amides is 1. The second kappa shape index (κ2) is 7.29. The molecule has 0 aromatic heterocycles. The van der Waals surface area contributed by atoms with Crippen LogP contribution in [0.15, 0.2) is 48.5 Å². The van der Waals surface area contributed by atoms with E-state index >= 15 is 0 Å². The molecule has 1 heterocycles. The third-order valence-corrected chi connectivity index (χ3v) is 3.95. The van der Waals surface area contributed by atoms with Crippen LogP contribution in [0.1, 0.15) is 28.8 Å². The molecule has 1 fully saturated rings. The lowest BCUT2D eigenvalue weighted by Crippen LogP contribution is -2.17. The first-order valence-corrected chi connectivity index (χ1v) is 7.94. The highest BCUT2D eigenvalue weighted by molar-refractivity contribution is 6.04. The molecular formula is C19H21NO3. The molecule has 4 nitrogen and oxygen atoms in total. The van der Waals surface area contributed by atoms with Gasteiger partial charge in [0.25, 0.3) is 5.91 Å². The zero-order valence-corrected chi connectivity index (χ0v) is 13.2. The molecule has 1 N–H and O–H groups in total. The maximum Gasteiger partial charge on any atom is 0.255 e. The van der Waals surface area contributed by atoms with Crippen LogP contribution in [0.4, 0.5) is 5.69 Å². The van der Waals surface area contributed by atoms with Crippen molar-refractivity contribution in [2.75, 3.05) is 18.5 Å². The van der Waals surface area contributed by atoms with Crippen LogP contribution in [0.25, 0.3) is 0 Å². The van der Waals surface area contributed by atoms with E-state index in [0.29, 0.717) is 17.9 Å². The van der Waals surface area contributed by atoms with E-state index in [0.717, 1.165) is 30.7 Å². The standard InChI is InChI=1S/C19H21NO3/c1-14-6-2-3-10-18(14)20-19(21)15-7-4-8-16(12-15)23-13-17-9-5-11-22-17/h2-4,6-8,10,12,17H,5,9,11,13H2,1H3,(H,20,21). The number of hydrogen-bond donors (Lipinski definition) is 1. The van der Waals surface area contributed by atoms with Crippen LogP contribution in [-0.2, 0) is 4.74 Å². The number of carbonyl (C=O) groups is 1. The third kappa shape index (κ3) is 4.11. The number of rotatable bonds is 5. The SMILES string of the molecule is Cc1ccccc1NC(=O)c1cccc(OCC2CCCO2)c1. The van der Waals surface area contributed by atoms with Crippen molar-refractivity contribution in [1.82, 2.24) is 0 Å². The Morgan fingerprint density at radius 3 is 2.91 bits per heavy atom. The minimum atomic E-state index is -0.137. The Balaban J connectivity index is 1.64. The third-order valence-electron chi connectivity index (χ3n) is 3.95. The summed E-state index contributed by atoms with van der Waals surface area (Å²) in [5.74, 6) is 0.555. The quantitative estimate of drug-likeness (QED) is 0.913. The fourth-order valence-electron chi connectivity index (χ4n) is 2.60. The Labute approximate surface area is 136 Å². The lowest BCUT2D eigenvalue weighted by Gasteiger charge is -2.12. The van der Waals surface area contributed by atoms with Crippen LogP contribution in [0.2, 0.25) is 0 Å². The summed E-state index contributed by atoms with van der Waals surface area (Å²) in [6, 6.07) is 15.0. The van der Waals surface area contributed by atoms with Gasteiger partial charge in [0.2, 0.25) is 0 Å². The van der Waals surface area contributed by atoms with Gasteiger partial charge in [-0.15, -0.1) is 0 Å². The smallest absolute Gasteiger partial charge is 0.255 e. The molecule has 2 aromatic rings. The predicted octanol–water partition coefficient (Wildman–Crippen LogP) is 3.81. The Morgan fingerprint density at radius 2 is 2.13 bits per heavy atom. The van der Waals surface area contributed by atoms with E-state index in [-0.39, 0.29) is 12.0 Å². The number of carbonyl (C=O) groups excluding carboxylic acids is 1. The van der Waals surface area contributed by atoms with Crippen LogP contribution in [0, 0.1) is 6.92 Å². The molecule has 1 unspecified atom stereocenters. The fourth-order valence-corrected chi connectivity index (χ4v) is 2.60. The van der Waals surface area contributed by atoms with Crippen LogP contribution >= 0.6 is 0 Å². The van der Waals surface area contributed by atoms with Gasteiger partial charge in [0.15, 0.2) is 0 Å². The number of nitrogens with one attached hydrogen (secondary N) is 1. The summed E-state index contributed by atoms with van der Waals surface area (Å²) in [7, 11) is 0. The molecule has 2 aromatic carbocycles. The van der Waals surface area contributed by atoms with Crippen molar-refractivity contribution >= 4 is 11.6 Å².